The van der Waals surface area contributed by atoms with Crippen molar-refractivity contribution in [3.05, 3.63) is 28.2 Å². The molecule has 0 saturated carbocycles. The maximum absolute atomic E-state index is 11.9. The number of likely N-dealkylation sites (tertiary alicyclic amines) is 1. The highest BCUT2D eigenvalue weighted by molar-refractivity contribution is 9.10. The van der Waals surface area contributed by atoms with E-state index in [9.17, 15) is 9.59 Å². The molecule has 1 aliphatic heterocycles. The van der Waals surface area contributed by atoms with E-state index < -0.39 is 0 Å². The van der Waals surface area contributed by atoms with Gasteiger partial charge in [0.15, 0.2) is 6.61 Å². The van der Waals surface area contributed by atoms with Gasteiger partial charge in [-0.05, 0) is 40.5 Å². The molecule has 0 aliphatic carbocycles. The number of amides is 1. The summed E-state index contributed by atoms with van der Waals surface area (Å²) in [6.07, 6.45) is 0.917. The van der Waals surface area contributed by atoms with E-state index in [0.29, 0.717) is 31.7 Å². The average Bonchev–Trinajstić information content (AvgIpc) is 2.38. The highest BCUT2D eigenvalue weighted by atomic mass is 79.9. The van der Waals surface area contributed by atoms with Gasteiger partial charge in [-0.25, -0.2) is 0 Å². The molecule has 0 spiro atoms. The van der Waals surface area contributed by atoms with Crippen LogP contribution in [0.4, 0.5) is 0 Å². The minimum atomic E-state index is -0.0695. The third-order valence-electron chi connectivity index (χ3n) is 3.11. The van der Waals surface area contributed by atoms with Crippen molar-refractivity contribution in [3.63, 3.8) is 0 Å². The van der Waals surface area contributed by atoms with Crippen LogP contribution in [0, 0.1) is 6.92 Å². The van der Waals surface area contributed by atoms with Crippen LogP contribution in [0.15, 0.2) is 22.7 Å². The summed E-state index contributed by atoms with van der Waals surface area (Å²) in [5, 5.41) is 0. The summed E-state index contributed by atoms with van der Waals surface area (Å²) in [5.41, 5.74) is 1.13. The average molecular weight is 326 g/mol. The first-order valence-electron chi connectivity index (χ1n) is 6.24. The van der Waals surface area contributed by atoms with E-state index in [4.69, 9.17) is 4.74 Å². The fraction of sp³-hybridized carbons (Fsp3) is 0.429. The molecule has 2 rings (SSSR count). The molecule has 0 N–H and O–H groups in total. The second-order valence-electron chi connectivity index (χ2n) is 4.64. The van der Waals surface area contributed by atoms with Gasteiger partial charge >= 0.3 is 0 Å². The lowest BCUT2D eigenvalue weighted by molar-refractivity contribution is -0.136. The number of nitrogens with zero attached hydrogens (tertiary/aromatic N) is 1. The number of hydrogen-bond donors (Lipinski definition) is 0. The Morgan fingerprint density at radius 2 is 2.05 bits per heavy atom. The highest BCUT2D eigenvalue weighted by Gasteiger charge is 2.21. The zero-order valence-corrected chi connectivity index (χ0v) is 12.4. The van der Waals surface area contributed by atoms with Crippen molar-refractivity contribution in [2.75, 3.05) is 19.7 Å². The normalized spacial score (nSPS) is 15.5. The Morgan fingerprint density at radius 1 is 1.37 bits per heavy atom. The van der Waals surface area contributed by atoms with Gasteiger partial charge in [0.05, 0.1) is 4.47 Å². The Bertz CT molecular complexity index is 491. The van der Waals surface area contributed by atoms with E-state index in [1.165, 1.54) is 0 Å². The van der Waals surface area contributed by atoms with Crippen molar-refractivity contribution in [3.8, 4) is 5.75 Å². The topological polar surface area (TPSA) is 46.6 Å². The number of ketones is 1. The van der Waals surface area contributed by atoms with E-state index in [1.807, 2.05) is 25.1 Å². The van der Waals surface area contributed by atoms with Crippen LogP contribution in [0.25, 0.3) is 0 Å². The molecule has 1 aromatic rings. The van der Waals surface area contributed by atoms with E-state index in [-0.39, 0.29) is 18.3 Å². The van der Waals surface area contributed by atoms with Crippen molar-refractivity contribution in [1.29, 1.82) is 0 Å². The van der Waals surface area contributed by atoms with Crippen LogP contribution in [0.5, 0.6) is 5.75 Å². The number of Topliss-reactive ketones (excluding diaryl/α,β-unsaturated/α-hetero) is 1. The standard InChI is InChI=1S/C14H16BrNO3/c1-10-2-3-13(12(15)8-10)19-9-14(18)16-6-4-11(17)5-7-16/h2-3,8H,4-7,9H2,1H3. The van der Waals surface area contributed by atoms with Crippen LogP contribution in [-0.2, 0) is 9.59 Å². The lowest BCUT2D eigenvalue weighted by Gasteiger charge is -2.26. The number of carbonyl (C=O) groups excluding carboxylic acids is 2. The zero-order valence-electron chi connectivity index (χ0n) is 10.8. The maximum Gasteiger partial charge on any atom is 0.260 e. The van der Waals surface area contributed by atoms with Crippen LogP contribution >= 0.6 is 15.9 Å². The second kappa shape index (κ2) is 6.19. The van der Waals surface area contributed by atoms with Gasteiger partial charge in [0.25, 0.3) is 5.91 Å². The number of piperidine rings is 1. The monoisotopic (exact) mass is 325 g/mol. The number of hydrogen-bond acceptors (Lipinski definition) is 3. The van der Waals surface area contributed by atoms with E-state index in [0.717, 1.165) is 10.0 Å². The third kappa shape index (κ3) is 3.80. The predicted molar refractivity (Wildman–Crippen MR) is 75.2 cm³/mol. The zero-order chi connectivity index (χ0) is 13.8. The Hall–Kier alpha value is -1.36. The van der Waals surface area contributed by atoms with Gasteiger partial charge in [-0.3, -0.25) is 9.59 Å². The molecule has 0 bridgehead atoms. The van der Waals surface area contributed by atoms with Gasteiger partial charge < -0.3 is 9.64 Å². The molecule has 1 aromatic carbocycles. The van der Waals surface area contributed by atoms with Crippen LogP contribution in [0.2, 0.25) is 0 Å². The number of aryl methyl sites for hydroxylation is 1. The quantitative estimate of drug-likeness (QED) is 0.856. The van der Waals surface area contributed by atoms with Gasteiger partial charge in [0.2, 0.25) is 0 Å². The molecule has 5 heteroatoms. The molecular weight excluding hydrogens is 310 g/mol. The van der Waals surface area contributed by atoms with Crippen LogP contribution in [-0.4, -0.2) is 36.3 Å². The maximum atomic E-state index is 11.9. The molecule has 19 heavy (non-hydrogen) atoms. The number of rotatable bonds is 3. The Kier molecular flexibility index (Phi) is 4.58. The van der Waals surface area contributed by atoms with Crippen molar-refractivity contribution in [2.24, 2.45) is 0 Å². The van der Waals surface area contributed by atoms with Crippen molar-refractivity contribution < 1.29 is 14.3 Å². The first kappa shape index (κ1) is 14.1. The molecule has 1 aliphatic rings. The molecular formula is C14H16BrNO3. The Balaban J connectivity index is 1.88. The summed E-state index contributed by atoms with van der Waals surface area (Å²) >= 11 is 3.41. The van der Waals surface area contributed by atoms with Crippen molar-refractivity contribution in [2.45, 2.75) is 19.8 Å². The second-order valence-corrected chi connectivity index (χ2v) is 5.50. The van der Waals surface area contributed by atoms with Gasteiger partial charge in [-0.2, -0.15) is 0 Å². The Morgan fingerprint density at radius 3 is 2.68 bits per heavy atom. The van der Waals surface area contributed by atoms with Crippen LogP contribution in [0.1, 0.15) is 18.4 Å². The molecule has 1 heterocycles. The molecule has 0 radical (unpaired) electrons. The third-order valence-corrected chi connectivity index (χ3v) is 3.73. The van der Waals surface area contributed by atoms with Crippen molar-refractivity contribution >= 4 is 27.6 Å². The number of benzene rings is 1. The van der Waals surface area contributed by atoms with Crippen LogP contribution < -0.4 is 4.74 Å². The van der Waals surface area contributed by atoms with Crippen molar-refractivity contribution in [1.82, 2.24) is 4.90 Å². The van der Waals surface area contributed by atoms with E-state index >= 15 is 0 Å². The minimum absolute atomic E-state index is 0.00977. The largest absolute Gasteiger partial charge is 0.483 e. The lowest BCUT2D eigenvalue weighted by Crippen LogP contribution is -2.41. The number of halogens is 1. The summed E-state index contributed by atoms with van der Waals surface area (Å²) < 4.78 is 6.35. The van der Waals surface area contributed by atoms with Gasteiger partial charge in [0.1, 0.15) is 11.5 Å². The summed E-state index contributed by atoms with van der Waals surface area (Å²) in [4.78, 5) is 24.7. The molecule has 1 fully saturated rings. The first-order chi connectivity index (χ1) is 9.06. The minimum Gasteiger partial charge on any atom is -0.483 e. The lowest BCUT2D eigenvalue weighted by atomic mass is 10.1. The number of ether oxygens (including phenoxy) is 1. The van der Waals surface area contributed by atoms with E-state index in [2.05, 4.69) is 15.9 Å². The summed E-state index contributed by atoms with van der Waals surface area (Å²) in [6, 6.07) is 5.72. The molecule has 4 nitrogen and oxygen atoms in total. The smallest absolute Gasteiger partial charge is 0.260 e. The fourth-order valence-electron chi connectivity index (χ4n) is 1.96. The van der Waals surface area contributed by atoms with Gasteiger partial charge in [-0.15, -0.1) is 0 Å². The Labute approximate surface area is 120 Å². The summed E-state index contributed by atoms with van der Waals surface area (Å²) in [7, 11) is 0. The summed E-state index contributed by atoms with van der Waals surface area (Å²) in [6.45, 7) is 3.02. The first-order valence-corrected chi connectivity index (χ1v) is 7.04. The van der Waals surface area contributed by atoms with Crippen LogP contribution in [0.3, 0.4) is 0 Å². The highest BCUT2D eigenvalue weighted by Crippen LogP contribution is 2.25. The van der Waals surface area contributed by atoms with Gasteiger partial charge in [-0.1, -0.05) is 6.07 Å². The summed E-state index contributed by atoms with van der Waals surface area (Å²) in [5.74, 6) is 0.818. The van der Waals surface area contributed by atoms with E-state index in [1.54, 1.807) is 4.90 Å². The molecule has 0 atom stereocenters. The SMILES string of the molecule is Cc1ccc(OCC(=O)N2CCC(=O)CC2)c(Br)c1. The fourth-order valence-corrected chi connectivity index (χ4v) is 2.57. The number of carbonyl (C=O) groups is 2. The molecule has 1 amide bonds. The molecule has 102 valence electrons. The predicted octanol–water partition coefficient (Wildman–Crippen LogP) is 2.33. The molecule has 0 unspecified atom stereocenters. The molecule has 1 saturated heterocycles. The molecule has 0 aromatic heterocycles. The van der Waals surface area contributed by atoms with Gasteiger partial charge in [0, 0.05) is 25.9 Å².